The summed E-state index contributed by atoms with van der Waals surface area (Å²) in [7, 11) is 0. The van der Waals surface area contributed by atoms with Crippen molar-refractivity contribution in [2.75, 3.05) is 13.2 Å². The van der Waals surface area contributed by atoms with Gasteiger partial charge >= 0.3 is 12.1 Å². The van der Waals surface area contributed by atoms with Crippen LogP contribution in [-0.4, -0.2) is 58.5 Å². The SMILES string of the molecule is CC(C)(C)OC(=O)N1[C@H]([C@@H]2C=CC3=C(COC3=O)N2Cc2ccccc2)COC1(C)C. The van der Waals surface area contributed by atoms with E-state index in [2.05, 4.69) is 4.90 Å². The number of nitrogens with zero attached hydrogens (tertiary/aromatic N) is 2. The van der Waals surface area contributed by atoms with Gasteiger partial charge in [0.15, 0.2) is 0 Å². The molecule has 0 N–H and O–H groups in total. The van der Waals surface area contributed by atoms with E-state index in [1.807, 2.05) is 77.1 Å². The third-order valence-corrected chi connectivity index (χ3v) is 5.74. The molecule has 1 amide bonds. The van der Waals surface area contributed by atoms with Crippen LogP contribution in [0.5, 0.6) is 0 Å². The first-order valence-electron chi connectivity index (χ1n) is 10.6. The van der Waals surface area contributed by atoms with Gasteiger partial charge < -0.3 is 19.1 Å². The molecule has 2 atom stereocenters. The Morgan fingerprint density at radius 1 is 1.23 bits per heavy atom. The molecule has 31 heavy (non-hydrogen) atoms. The van der Waals surface area contributed by atoms with Crippen LogP contribution in [0, 0.1) is 0 Å². The molecule has 7 nitrogen and oxygen atoms in total. The van der Waals surface area contributed by atoms with Gasteiger partial charge in [0.1, 0.15) is 17.9 Å². The Hall–Kier alpha value is -2.80. The summed E-state index contributed by atoms with van der Waals surface area (Å²) in [6, 6.07) is 9.58. The second-order valence-corrected chi connectivity index (χ2v) is 9.58. The molecule has 166 valence electrons. The maximum Gasteiger partial charge on any atom is 0.412 e. The maximum atomic E-state index is 13.2. The highest BCUT2D eigenvalue weighted by atomic mass is 16.6. The van der Waals surface area contributed by atoms with E-state index in [0.717, 1.165) is 11.3 Å². The van der Waals surface area contributed by atoms with E-state index in [4.69, 9.17) is 14.2 Å². The second-order valence-electron chi connectivity index (χ2n) is 9.58. The highest BCUT2D eigenvalue weighted by Crippen LogP contribution is 2.37. The van der Waals surface area contributed by atoms with Crippen molar-refractivity contribution in [3.63, 3.8) is 0 Å². The van der Waals surface area contributed by atoms with E-state index in [9.17, 15) is 9.59 Å². The number of ether oxygens (including phenoxy) is 3. The van der Waals surface area contributed by atoms with Crippen LogP contribution in [0.4, 0.5) is 4.79 Å². The first kappa shape index (κ1) is 21.4. The predicted octanol–water partition coefficient (Wildman–Crippen LogP) is 3.61. The van der Waals surface area contributed by atoms with Crippen LogP contribution in [0.1, 0.15) is 40.2 Å². The Bertz CT molecular complexity index is 929. The van der Waals surface area contributed by atoms with E-state index in [1.54, 1.807) is 4.90 Å². The molecule has 0 spiro atoms. The average Bonchev–Trinajstić information content (AvgIpc) is 3.21. The van der Waals surface area contributed by atoms with Crippen molar-refractivity contribution in [1.82, 2.24) is 9.80 Å². The van der Waals surface area contributed by atoms with Gasteiger partial charge in [-0.15, -0.1) is 0 Å². The molecule has 3 aliphatic rings. The van der Waals surface area contributed by atoms with E-state index in [-0.39, 0.29) is 24.7 Å². The van der Waals surface area contributed by atoms with Crippen LogP contribution in [0.25, 0.3) is 0 Å². The Balaban J connectivity index is 1.68. The zero-order chi connectivity index (χ0) is 22.4. The summed E-state index contributed by atoms with van der Waals surface area (Å²) in [5, 5.41) is 0. The van der Waals surface area contributed by atoms with Crippen LogP contribution in [0.3, 0.4) is 0 Å². The smallest absolute Gasteiger partial charge is 0.412 e. The number of benzene rings is 1. The predicted molar refractivity (Wildman–Crippen MR) is 115 cm³/mol. The summed E-state index contributed by atoms with van der Waals surface area (Å²) >= 11 is 0. The lowest BCUT2D eigenvalue weighted by molar-refractivity contribution is -0.135. The van der Waals surface area contributed by atoms with Crippen LogP contribution in [0.15, 0.2) is 53.8 Å². The third-order valence-electron chi connectivity index (χ3n) is 5.74. The molecule has 1 fully saturated rings. The van der Waals surface area contributed by atoms with Gasteiger partial charge in [0.25, 0.3) is 0 Å². The Kier molecular flexibility index (Phi) is 5.33. The van der Waals surface area contributed by atoms with Crippen LogP contribution in [-0.2, 0) is 25.5 Å². The maximum absolute atomic E-state index is 13.2. The van der Waals surface area contributed by atoms with Gasteiger partial charge in [-0.3, -0.25) is 4.90 Å². The van der Waals surface area contributed by atoms with E-state index < -0.39 is 17.4 Å². The number of cyclic esters (lactones) is 1. The fourth-order valence-corrected chi connectivity index (χ4v) is 4.36. The molecule has 4 rings (SSSR count). The summed E-state index contributed by atoms with van der Waals surface area (Å²) in [5.41, 5.74) is 1.10. The molecular weight excluding hydrogens is 396 g/mol. The number of carbonyl (C=O) groups excluding carboxylic acids is 2. The molecule has 0 aliphatic carbocycles. The fourth-order valence-electron chi connectivity index (χ4n) is 4.36. The molecule has 0 radical (unpaired) electrons. The summed E-state index contributed by atoms with van der Waals surface area (Å²) in [5.74, 6) is -0.310. The molecule has 0 bridgehead atoms. The van der Waals surface area contributed by atoms with Gasteiger partial charge in [-0.2, -0.15) is 0 Å². The monoisotopic (exact) mass is 426 g/mol. The summed E-state index contributed by atoms with van der Waals surface area (Å²) in [6.45, 7) is 10.5. The highest BCUT2D eigenvalue weighted by Gasteiger charge is 2.50. The van der Waals surface area contributed by atoms with Gasteiger partial charge in [-0.25, -0.2) is 9.59 Å². The Morgan fingerprint density at radius 3 is 2.61 bits per heavy atom. The zero-order valence-corrected chi connectivity index (χ0v) is 18.8. The average molecular weight is 427 g/mol. The summed E-state index contributed by atoms with van der Waals surface area (Å²) < 4.78 is 17.1. The molecule has 0 unspecified atom stereocenters. The van der Waals surface area contributed by atoms with Crippen molar-refractivity contribution < 1.29 is 23.8 Å². The number of esters is 1. The minimum absolute atomic E-state index is 0.192. The van der Waals surface area contributed by atoms with E-state index in [0.29, 0.717) is 18.7 Å². The van der Waals surface area contributed by atoms with Crippen molar-refractivity contribution in [1.29, 1.82) is 0 Å². The van der Waals surface area contributed by atoms with Crippen molar-refractivity contribution in [2.45, 2.75) is 64.6 Å². The number of hydrogen-bond donors (Lipinski definition) is 0. The Morgan fingerprint density at radius 2 is 1.94 bits per heavy atom. The third kappa shape index (κ3) is 4.19. The molecule has 3 aliphatic heterocycles. The van der Waals surface area contributed by atoms with Crippen molar-refractivity contribution >= 4 is 12.1 Å². The zero-order valence-electron chi connectivity index (χ0n) is 18.8. The normalized spacial score (nSPS) is 25.0. The molecule has 1 aromatic rings. The van der Waals surface area contributed by atoms with Crippen LogP contribution < -0.4 is 0 Å². The summed E-state index contributed by atoms with van der Waals surface area (Å²) in [6.07, 6.45) is 3.38. The van der Waals surface area contributed by atoms with E-state index in [1.165, 1.54) is 0 Å². The van der Waals surface area contributed by atoms with Gasteiger partial charge in [0.2, 0.25) is 0 Å². The molecular formula is C24H30N2O5. The Labute approximate surface area is 183 Å². The van der Waals surface area contributed by atoms with Crippen LogP contribution in [0.2, 0.25) is 0 Å². The highest BCUT2D eigenvalue weighted by molar-refractivity contribution is 5.95. The van der Waals surface area contributed by atoms with Gasteiger partial charge in [0.05, 0.1) is 30.0 Å². The lowest BCUT2D eigenvalue weighted by Gasteiger charge is -2.42. The minimum Gasteiger partial charge on any atom is -0.456 e. The second kappa shape index (κ2) is 7.71. The number of amides is 1. The topological polar surface area (TPSA) is 68.3 Å². The van der Waals surface area contributed by atoms with Crippen molar-refractivity contribution in [3.05, 3.63) is 59.3 Å². The molecule has 7 heteroatoms. The van der Waals surface area contributed by atoms with Crippen molar-refractivity contribution in [2.24, 2.45) is 0 Å². The van der Waals surface area contributed by atoms with Crippen LogP contribution >= 0.6 is 0 Å². The van der Waals surface area contributed by atoms with Gasteiger partial charge in [-0.1, -0.05) is 36.4 Å². The molecule has 0 aromatic heterocycles. The largest absolute Gasteiger partial charge is 0.456 e. The van der Waals surface area contributed by atoms with Gasteiger partial charge in [0, 0.05) is 6.54 Å². The lowest BCUT2D eigenvalue weighted by Crippen LogP contribution is -2.56. The first-order valence-corrected chi connectivity index (χ1v) is 10.6. The molecule has 1 aromatic carbocycles. The minimum atomic E-state index is -0.810. The quantitative estimate of drug-likeness (QED) is 0.688. The van der Waals surface area contributed by atoms with Gasteiger partial charge in [-0.05, 0) is 46.3 Å². The number of rotatable bonds is 3. The number of hydrogen-bond acceptors (Lipinski definition) is 6. The molecule has 1 saturated heterocycles. The molecule has 3 heterocycles. The summed E-state index contributed by atoms with van der Waals surface area (Å²) in [4.78, 5) is 29.2. The number of carbonyl (C=O) groups is 2. The molecule has 0 saturated carbocycles. The lowest BCUT2D eigenvalue weighted by atomic mass is 9.97. The van der Waals surface area contributed by atoms with Crippen molar-refractivity contribution in [3.8, 4) is 0 Å². The standard InChI is InChI=1S/C24H30N2O5/c1-23(2,3)31-22(28)26-20(15-30-24(26,4)5)18-12-11-17-19(14-29-21(17)27)25(18)13-16-9-7-6-8-10-16/h6-12,18,20H,13-15H2,1-5H3/t18-,20-/m0/s1. The fraction of sp³-hybridized carbons (Fsp3) is 0.500. The van der Waals surface area contributed by atoms with E-state index >= 15 is 0 Å². The first-order chi connectivity index (χ1) is 14.6.